The second kappa shape index (κ2) is 7.59. The summed E-state index contributed by atoms with van der Waals surface area (Å²) in [6.45, 7) is 9.73. The maximum Gasteiger partial charge on any atom is 0.338 e. The van der Waals surface area contributed by atoms with Gasteiger partial charge in [-0.25, -0.2) is 4.79 Å². The van der Waals surface area contributed by atoms with Gasteiger partial charge in [0.2, 0.25) is 0 Å². The number of hydrogen-bond donors (Lipinski definition) is 1. The van der Waals surface area contributed by atoms with Gasteiger partial charge in [-0.3, -0.25) is 0 Å². The Morgan fingerprint density at radius 2 is 1.90 bits per heavy atom. The van der Waals surface area contributed by atoms with Crippen LogP contribution in [0.4, 0.5) is 0 Å². The highest BCUT2D eigenvalue weighted by Gasteiger charge is 2.21. The lowest BCUT2D eigenvalue weighted by Crippen LogP contribution is -2.11. The highest BCUT2D eigenvalue weighted by atomic mass is 79.9. The molecule has 0 aliphatic heterocycles. The minimum Gasteiger partial charge on any atom is -0.491 e. The van der Waals surface area contributed by atoms with Crippen LogP contribution in [0.1, 0.15) is 20.8 Å². The van der Waals surface area contributed by atoms with Crippen molar-refractivity contribution in [3.63, 3.8) is 0 Å². The van der Waals surface area contributed by atoms with E-state index in [4.69, 9.17) is 14.2 Å². The van der Waals surface area contributed by atoms with Crippen LogP contribution in [-0.2, 0) is 4.79 Å². The molecular weight excluding hydrogens is 344 g/mol. The standard InChI is InChI=1S/C14H17BrO4S/c1-5-17-9-7-10(20)13(18-6-2)11(15)12(9)19-14(16)8(3)4/h7,20H,3,5-6H2,1-2,4H3. The molecule has 0 aromatic heterocycles. The molecule has 0 radical (unpaired) electrons. The zero-order valence-electron chi connectivity index (χ0n) is 11.7. The van der Waals surface area contributed by atoms with Crippen LogP contribution in [0.2, 0.25) is 0 Å². The van der Waals surface area contributed by atoms with Gasteiger partial charge in [0.25, 0.3) is 0 Å². The number of hydrogen-bond acceptors (Lipinski definition) is 5. The largest absolute Gasteiger partial charge is 0.491 e. The molecule has 0 saturated heterocycles. The number of thiol groups is 1. The van der Waals surface area contributed by atoms with E-state index < -0.39 is 5.97 Å². The lowest BCUT2D eigenvalue weighted by atomic mass is 10.3. The van der Waals surface area contributed by atoms with E-state index in [1.807, 2.05) is 13.8 Å². The number of benzene rings is 1. The van der Waals surface area contributed by atoms with Crippen molar-refractivity contribution in [3.8, 4) is 17.2 Å². The van der Waals surface area contributed by atoms with Crippen LogP contribution in [-0.4, -0.2) is 19.2 Å². The average molecular weight is 361 g/mol. The number of carbonyl (C=O) groups is 1. The maximum absolute atomic E-state index is 11.7. The van der Waals surface area contributed by atoms with Gasteiger partial charge in [-0.15, -0.1) is 12.6 Å². The quantitative estimate of drug-likeness (QED) is 0.360. The number of halogens is 1. The van der Waals surface area contributed by atoms with E-state index in [0.29, 0.717) is 39.7 Å². The summed E-state index contributed by atoms with van der Waals surface area (Å²) >= 11 is 7.72. The van der Waals surface area contributed by atoms with Crippen molar-refractivity contribution in [2.45, 2.75) is 25.7 Å². The summed E-state index contributed by atoms with van der Waals surface area (Å²) in [5.74, 6) is 0.661. The summed E-state index contributed by atoms with van der Waals surface area (Å²) in [5.41, 5.74) is 0.298. The van der Waals surface area contributed by atoms with E-state index in [1.54, 1.807) is 13.0 Å². The average Bonchev–Trinajstić information content (AvgIpc) is 2.39. The predicted molar refractivity (Wildman–Crippen MR) is 84.2 cm³/mol. The third-order valence-electron chi connectivity index (χ3n) is 2.25. The van der Waals surface area contributed by atoms with Crippen molar-refractivity contribution < 1.29 is 19.0 Å². The Bertz CT molecular complexity index is 528. The number of rotatable bonds is 6. The van der Waals surface area contributed by atoms with E-state index in [-0.39, 0.29) is 5.75 Å². The Labute approximate surface area is 132 Å². The van der Waals surface area contributed by atoms with Crippen LogP contribution in [0.15, 0.2) is 27.6 Å². The molecule has 1 rings (SSSR count). The SMILES string of the molecule is C=C(C)C(=O)Oc1c(OCC)cc(S)c(OCC)c1Br. The maximum atomic E-state index is 11.7. The smallest absolute Gasteiger partial charge is 0.338 e. The van der Waals surface area contributed by atoms with Crippen molar-refractivity contribution in [3.05, 3.63) is 22.7 Å². The molecule has 110 valence electrons. The molecule has 0 aliphatic rings. The fourth-order valence-electron chi connectivity index (χ4n) is 1.40. The summed E-state index contributed by atoms with van der Waals surface area (Å²) in [6.07, 6.45) is 0. The molecule has 4 nitrogen and oxygen atoms in total. The number of carbonyl (C=O) groups excluding carboxylic acids is 1. The molecule has 1 aromatic carbocycles. The zero-order valence-corrected chi connectivity index (χ0v) is 14.1. The molecule has 0 unspecified atom stereocenters. The number of ether oxygens (including phenoxy) is 3. The molecule has 6 heteroatoms. The first-order valence-electron chi connectivity index (χ1n) is 6.11. The molecular formula is C14H17BrO4S. The van der Waals surface area contributed by atoms with Crippen molar-refractivity contribution in [1.29, 1.82) is 0 Å². The fourth-order valence-corrected chi connectivity index (χ4v) is 2.45. The van der Waals surface area contributed by atoms with Crippen LogP contribution in [0.25, 0.3) is 0 Å². The van der Waals surface area contributed by atoms with Crippen molar-refractivity contribution in [2.24, 2.45) is 0 Å². The third-order valence-corrected chi connectivity index (χ3v) is 3.31. The Kier molecular flexibility index (Phi) is 6.42. The van der Waals surface area contributed by atoms with Gasteiger partial charge in [0.05, 0.1) is 18.1 Å². The molecule has 0 spiro atoms. The molecule has 1 aromatic rings. The monoisotopic (exact) mass is 360 g/mol. The van der Waals surface area contributed by atoms with Crippen LogP contribution < -0.4 is 14.2 Å². The van der Waals surface area contributed by atoms with E-state index in [9.17, 15) is 4.79 Å². The molecule has 0 aliphatic carbocycles. The Balaban J connectivity index is 3.32. The van der Waals surface area contributed by atoms with Crippen molar-refractivity contribution >= 4 is 34.5 Å². The van der Waals surface area contributed by atoms with Crippen LogP contribution in [0, 0.1) is 0 Å². The molecule has 0 atom stereocenters. The molecule has 0 N–H and O–H groups in total. The van der Waals surface area contributed by atoms with E-state index >= 15 is 0 Å². The zero-order chi connectivity index (χ0) is 15.3. The van der Waals surface area contributed by atoms with E-state index in [0.717, 1.165) is 0 Å². The van der Waals surface area contributed by atoms with Gasteiger partial charge >= 0.3 is 5.97 Å². The van der Waals surface area contributed by atoms with E-state index in [2.05, 4.69) is 35.1 Å². The van der Waals surface area contributed by atoms with Gasteiger partial charge in [0.1, 0.15) is 4.47 Å². The van der Waals surface area contributed by atoms with Crippen LogP contribution in [0.3, 0.4) is 0 Å². The highest BCUT2D eigenvalue weighted by Crippen LogP contribution is 2.46. The molecule has 0 heterocycles. The molecule has 20 heavy (non-hydrogen) atoms. The second-order valence-corrected chi connectivity index (χ2v) is 5.18. The topological polar surface area (TPSA) is 44.8 Å². The second-order valence-electron chi connectivity index (χ2n) is 3.90. The molecule has 0 bridgehead atoms. The Hall–Kier alpha value is -1.14. The summed E-state index contributed by atoms with van der Waals surface area (Å²) in [5, 5.41) is 0. The predicted octanol–water partition coefficient (Wildman–Crippen LogP) is 4.02. The van der Waals surface area contributed by atoms with Crippen molar-refractivity contribution in [2.75, 3.05) is 13.2 Å². The van der Waals surface area contributed by atoms with Gasteiger partial charge < -0.3 is 14.2 Å². The van der Waals surface area contributed by atoms with Gasteiger partial charge in [-0.2, -0.15) is 0 Å². The minimum absolute atomic E-state index is 0.265. The normalized spacial score (nSPS) is 10.1. The van der Waals surface area contributed by atoms with Crippen LogP contribution in [0.5, 0.6) is 17.2 Å². The first-order valence-corrected chi connectivity index (χ1v) is 7.35. The Morgan fingerprint density at radius 1 is 1.30 bits per heavy atom. The summed E-state index contributed by atoms with van der Waals surface area (Å²) in [7, 11) is 0. The minimum atomic E-state index is -0.527. The number of esters is 1. The van der Waals surface area contributed by atoms with E-state index in [1.165, 1.54) is 0 Å². The highest BCUT2D eigenvalue weighted by molar-refractivity contribution is 9.10. The lowest BCUT2D eigenvalue weighted by Gasteiger charge is -2.17. The van der Waals surface area contributed by atoms with Crippen LogP contribution >= 0.6 is 28.6 Å². The van der Waals surface area contributed by atoms with Gasteiger partial charge in [-0.1, -0.05) is 6.58 Å². The lowest BCUT2D eigenvalue weighted by molar-refractivity contribution is -0.130. The summed E-state index contributed by atoms with van der Waals surface area (Å²) in [4.78, 5) is 12.3. The van der Waals surface area contributed by atoms with Crippen molar-refractivity contribution in [1.82, 2.24) is 0 Å². The first-order chi connectivity index (χ1) is 9.42. The first kappa shape index (κ1) is 16.9. The van der Waals surface area contributed by atoms with Gasteiger partial charge in [0, 0.05) is 11.6 Å². The Morgan fingerprint density at radius 3 is 2.40 bits per heavy atom. The fraction of sp³-hybridized carbons (Fsp3) is 0.357. The van der Waals surface area contributed by atoms with Gasteiger partial charge in [0.15, 0.2) is 17.2 Å². The van der Waals surface area contributed by atoms with Gasteiger partial charge in [-0.05, 0) is 36.7 Å². The summed E-state index contributed by atoms with van der Waals surface area (Å²) in [6, 6.07) is 1.66. The third kappa shape index (κ3) is 3.93. The molecule has 0 saturated carbocycles. The molecule has 0 fully saturated rings. The summed E-state index contributed by atoms with van der Waals surface area (Å²) < 4.78 is 16.8. The molecule has 0 amide bonds.